The van der Waals surface area contributed by atoms with Gasteiger partial charge >= 0.3 is 11.9 Å². The monoisotopic (exact) mass is 298 g/mol. The van der Waals surface area contributed by atoms with E-state index in [0.717, 1.165) is 0 Å². The molecule has 0 saturated carbocycles. The van der Waals surface area contributed by atoms with Gasteiger partial charge in [-0.2, -0.15) is 5.10 Å². The Kier molecular flexibility index (Phi) is 3.95. The second-order valence-corrected chi connectivity index (χ2v) is 6.82. The second kappa shape index (κ2) is 4.89. The molecule has 0 aliphatic heterocycles. The quantitative estimate of drug-likeness (QED) is 0.641. The smallest absolute Gasteiger partial charge is 0.322 e. The number of nitrogens with one attached hydrogen (secondary N) is 1. The molecule has 0 amide bonds. The van der Waals surface area contributed by atoms with E-state index in [1.807, 2.05) is 0 Å². The lowest BCUT2D eigenvalue weighted by molar-refractivity contribution is -0.143. The van der Waals surface area contributed by atoms with Crippen molar-refractivity contribution in [1.82, 2.24) is 10.2 Å². The number of H-pyrrole nitrogens is 1. The van der Waals surface area contributed by atoms with Crippen molar-refractivity contribution < 1.29 is 28.2 Å². The minimum atomic E-state index is -4.35. The average molecular weight is 298 g/mol. The van der Waals surface area contributed by atoms with Gasteiger partial charge in [0, 0.05) is 0 Å². The van der Waals surface area contributed by atoms with Crippen molar-refractivity contribution >= 4 is 45.3 Å². The highest BCUT2D eigenvalue weighted by molar-refractivity contribution is 7.94. The third kappa shape index (κ3) is 3.08. The average Bonchev–Trinajstić information content (AvgIpc) is 2.61. The van der Waals surface area contributed by atoms with Crippen molar-refractivity contribution in [2.24, 2.45) is 0 Å². The number of carbonyl (C=O) groups is 2. The number of carboxylic acids is 2. The molecule has 0 radical (unpaired) electrons. The van der Waals surface area contributed by atoms with Crippen LogP contribution in [0, 0.1) is 3.95 Å². The van der Waals surface area contributed by atoms with Crippen LogP contribution in [0.2, 0.25) is 0 Å². The molecule has 1 heterocycles. The first-order valence-electron chi connectivity index (χ1n) is 3.99. The lowest BCUT2D eigenvalue weighted by Gasteiger charge is -2.07. The summed E-state index contributed by atoms with van der Waals surface area (Å²) >= 11 is 5.19. The normalized spacial score (nSPS) is 13.2. The van der Waals surface area contributed by atoms with Crippen LogP contribution in [-0.4, -0.2) is 46.0 Å². The van der Waals surface area contributed by atoms with Crippen molar-refractivity contribution in [3.63, 3.8) is 0 Å². The van der Waals surface area contributed by atoms with Crippen molar-refractivity contribution in [1.29, 1.82) is 0 Å². The van der Waals surface area contributed by atoms with E-state index in [2.05, 4.69) is 22.4 Å². The molecule has 1 rings (SSSR count). The van der Waals surface area contributed by atoms with E-state index in [0.29, 0.717) is 11.3 Å². The van der Waals surface area contributed by atoms with Gasteiger partial charge in [-0.3, -0.25) is 14.7 Å². The maximum absolute atomic E-state index is 11.8. The number of aromatic amines is 1. The van der Waals surface area contributed by atoms with Gasteiger partial charge in [0.25, 0.3) is 0 Å². The highest BCUT2D eigenvalue weighted by Crippen LogP contribution is 2.20. The number of nitrogens with zero attached hydrogens (tertiary/aromatic N) is 1. The summed E-state index contributed by atoms with van der Waals surface area (Å²) in [5, 5.41) is 20.7. The molecule has 0 aromatic carbocycles. The summed E-state index contributed by atoms with van der Waals surface area (Å²) in [6.45, 7) is 0. The summed E-state index contributed by atoms with van der Waals surface area (Å²) in [5.41, 5.74) is 0. The molecule has 0 aliphatic carbocycles. The molecule has 1 aromatic rings. The number of sulfone groups is 1. The van der Waals surface area contributed by atoms with Crippen molar-refractivity contribution in [2.45, 2.75) is 16.0 Å². The fourth-order valence-electron chi connectivity index (χ4n) is 0.948. The number of hydrogen-bond donors (Lipinski definition) is 3. The van der Waals surface area contributed by atoms with Gasteiger partial charge in [0.1, 0.15) is 0 Å². The Bertz CT molecular complexity index is 599. The van der Waals surface area contributed by atoms with Crippen LogP contribution in [-0.2, 0) is 19.4 Å². The lowest BCUT2D eigenvalue weighted by Crippen LogP contribution is -2.32. The van der Waals surface area contributed by atoms with Crippen molar-refractivity contribution in [3.05, 3.63) is 3.95 Å². The number of aliphatic carboxylic acids is 2. The molecule has 0 fully saturated rings. The summed E-state index contributed by atoms with van der Waals surface area (Å²) in [6, 6.07) is 0. The minimum absolute atomic E-state index is 0.0584. The van der Waals surface area contributed by atoms with Crippen LogP contribution in [0.4, 0.5) is 0 Å². The first-order chi connectivity index (χ1) is 7.75. The predicted octanol–water partition coefficient (Wildman–Crippen LogP) is -0.0977. The largest absolute Gasteiger partial charge is 0.481 e. The Hall–Kier alpha value is -1.33. The molecule has 17 heavy (non-hydrogen) atoms. The zero-order chi connectivity index (χ0) is 13.2. The summed E-state index contributed by atoms with van der Waals surface area (Å²) in [7, 11) is -4.35. The minimum Gasteiger partial charge on any atom is -0.481 e. The van der Waals surface area contributed by atoms with Gasteiger partial charge in [0.2, 0.25) is 14.2 Å². The van der Waals surface area contributed by atoms with Crippen LogP contribution in [0.3, 0.4) is 0 Å². The molecule has 1 unspecified atom stereocenters. The zero-order valence-corrected chi connectivity index (χ0v) is 10.4. The Balaban J connectivity index is 3.22. The molecule has 8 nitrogen and oxygen atoms in total. The van der Waals surface area contributed by atoms with E-state index in [1.54, 1.807) is 0 Å². The molecule has 1 aromatic heterocycles. The van der Waals surface area contributed by atoms with Gasteiger partial charge in [-0.15, -0.1) is 0 Å². The summed E-state index contributed by atoms with van der Waals surface area (Å²) in [6.07, 6.45) is -1.04. The third-order valence-corrected chi connectivity index (χ3v) is 5.20. The van der Waals surface area contributed by atoms with E-state index >= 15 is 0 Å². The van der Waals surface area contributed by atoms with Crippen molar-refractivity contribution in [3.8, 4) is 0 Å². The van der Waals surface area contributed by atoms with E-state index in [4.69, 9.17) is 10.2 Å². The summed E-state index contributed by atoms with van der Waals surface area (Å²) < 4.78 is 23.0. The van der Waals surface area contributed by atoms with Gasteiger partial charge in [-0.25, -0.2) is 8.42 Å². The second-order valence-electron chi connectivity index (χ2n) is 2.85. The fraction of sp³-hybridized carbons (Fsp3) is 0.333. The summed E-state index contributed by atoms with van der Waals surface area (Å²) in [4.78, 5) is 21.2. The Morgan fingerprint density at radius 1 is 1.47 bits per heavy atom. The van der Waals surface area contributed by atoms with Gasteiger partial charge in [0.15, 0.2) is 9.20 Å². The van der Waals surface area contributed by atoms with Crippen LogP contribution >= 0.6 is 23.6 Å². The molecule has 0 spiro atoms. The molecule has 94 valence electrons. The third-order valence-electron chi connectivity index (χ3n) is 1.67. The molecule has 0 aliphatic rings. The van der Waals surface area contributed by atoms with Gasteiger partial charge in [-0.05, 0) is 12.2 Å². The van der Waals surface area contributed by atoms with Crippen molar-refractivity contribution in [2.75, 3.05) is 0 Å². The number of aromatic nitrogens is 2. The maximum Gasteiger partial charge on any atom is 0.322 e. The molecular formula is C6H6N2O6S3. The predicted molar refractivity (Wildman–Crippen MR) is 58.2 cm³/mol. The molecule has 0 bridgehead atoms. The molecule has 3 N–H and O–H groups in total. The SMILES string of the molecule is O=C(O)CC(C(=O)O)S(=O)(=O)c1n[nH]c(=S)s1. The molecule has 1 atom stereocenters. The van der Waals surface area contributed by atoms with Gasteiger partial charge < -0.3 is 10.2 Å². The highest BCUT2D eigenvalue weighted by atomic mass is 32.2. The topological polar surface area (TPSA) is 137 Å². The number of hydrogen-bond acceptors (Lipinski definition) is 7. The van der Waals surface area contributed by atoms with Gasteiger partial charge in [0.05, 0.1) is 6.42 Å². The Morgan fingerprint density at radius 2 is 2.06 bits per heavy atom. The van der Waals surface area contributed by atoms with Crippen LogP contribution in [0.5, 0.6) is 0 Å². The first kappa shape index (κ1) is 13.7. The van der Waals surface area contributed by atoms with E-state index in [1.165, 1.54) is 0 Å². The standard InChI is InChI=1S/C6H6N2O6S3/c9-3(10)1-2(4(11)12)17(13,14)6-8-7-5(15)16-6/h2H,1H2,(H,7,15)(H,9,10)(H,11,12). The van der Waals surface area contributed by atoms with Crippen LogP contribution in [0.1, 0.15) is 6.42 Å². The Morgan fingerprint density at radius 3 is 2.41 bits per heavy atom. The maximum atomic E-state index is 11.8. The molecular weight excluding hydrogens is 292 g/mol. The number of carboxylic acid groups (broad SMARTS) is 2. The fourth-order valence-corrected chi connectivity index (χ4v) is 3.84. The van der Waals surface area contributed by atoms with Crippen LogP contribution in [0.25, 0.3) is 0 Å². The van der Waals surface area contributed by atoms with Gasteiger partial charge in [-0.1, -0.05) is 11.3 Å². The zero-order valence-electron chi connectivity index (χ0n) is 7.98. The van der Waals surface area contributed by atoms with E-state index in [-0.39, 0.29) is 3.95 Å². The number of rotatable bonds is 5. The van der Waals surface area contributed by atoms with Crippen LogP contribution < -0.4 is 0 Å². The van der Waals surface area contributed by atoms with Crippen LogP contribution in [0.15, 0.2) is 4.34 Å². The molecule has 11 heteroatoms. The lowest BCUT2D eigenvalue weighted by atomic mass is 10.3. The first-order valence-corrected chi connectivity index (χ1v) is 6.76. The van der Waals surface area contributed by atoms with E-state index in [9.17, 15) is 18.0 Å². The summed E-state index contributed by atoms with van der Waals surface area (Å²) in [5.74, 6) is -3.27. The Labute approximate surface area is 104 Å². The molecule has 0 saturated heterocycles. The highest BCUT2D eigenvalue weighted by Gasteiger charge is 2.38. The van der Waals surface area contributed by atoms with E-state index < -0.39 is 37.8 Å².